The van der Waals surface area contributed by atoms with Gasteiger partial charge in [-0.2, -0.15) is 0 Å². The van der Waals surface area contributed by atoms with Crippen LogP contribution in [-0.2, 0) is 19.1 Å². The Bertz CT molecular complexity index is 723. The van der Waals surface area contributed by atoms with E-state index in [4.69, 9.17) is 9.47 Å². The second kappa shape index (κ2) is 10.5. The first-order valence-electron chi connectivity index (χ1n) is 9.71. The molecule has 150 valence electrons. The van der Waals surface area contributed by atoms with Crippen molar-refractivity contribution in [1.29, 1.82) is 0 Å². The molecule has 0 saturated carbocycles. The number of carbonyl (C=O) groups is 2. The number of esters is 2. The second-order valence-electron chi connectivity index (χ2n) is 6.65. The van der Waals surface area contributed by atoms with E-state index >= 15 is 0 Å². The molecule has 0 amide bonds. The van der Waals surface area contributed by atoms with Crippen molar-refractivity contribution in [2.45, 2.75) is 46.6 Å². The largest absolute Gasteiger partial charge is 0.466 e. The molecule has 0 aliphatic carbocycles. The van der Waals surface area contributed by atoms with Crippen LogP contribution in [0.15, 0.2) is 48.5 Å². The van der Waals surface area contributed by atoms with Crippen molar-refractivity contribution in [3.05, 3.63) is 59.7 Å². The van der Waals surface area contributed by atoms with E-state index in [2.05, 4.69) is 0 Å². The quantitative estimate of drug-likeness (QED) is 0.587. The van der Waals surface area contributed by atoms with E-state index in [0.29, 0.717) is 13.0 Å². The molecule has 0 aliphatic heterocycles. The predicted octanol–water partition coefficient (Wildman–Crippen LogP) is 4.72. The van der Waals surface area contributed by atoms with Gasteiger partial charge in [0.25, 0.3) is 0 Å². The molecule has 0 heterocycles. The zero-order valence-corrected chi connectivity index (χ0v) is 17.1. The van der Waals surface area contributed by atoms with Crippen LogP contribution >= 0.6 is 0 Å². The number of anilines is 2. The fourth-order valence-corrected chi connectivity index (χ4v) is 3.00. The van der Waals surface area contributed by atoms with Gasteiger partial charge in [0.1, 0.15) is 6.04 Å². The van der Waals surface area contributed by atoms with Crippen molar-refractivity contribution in [3.63, 3.8) is 0 Å². The molecule has 2 aromatic rings. The molecule has 0 radical (unpaired) electrons. The Hall–Kier alpha value is -2.82. The number of hydrogen-bond acceptors (Lipinski definition) is 5. The molecule has 0 aromatic heterocycles. The molecular weight excluding hydrogens is 354 g/mol. The van der Waals surface area contributed by atoms with Gasteiger partial charge < -0.3 is 14.4 Å². The van der Waals surface area contributed by atoms with E-state index in [0.717, 1.165) is 22.5 Å². The van der Waals surface area contributed by atoms with Crippen LogP contribution in [0.1, 0.15) is 37.8 Å². The van der Waals surface area contributed by atoms with Gasteiger partial charge in [0.15, 0.2) is 0 Å². The molecule has 2 rings (SSSR count). The summed E-state index contributed by atoms with van der Waals surface area (Å²) < 4.78 is 10.4. The Morgan fingerprint density at radius 1 is 0.821 bits per heavy atom. The average Bonchev–Trinajstić information content (AvgIpc) is 2.67. The van der Waals surface area contributed by atoms with E-state index in [1.807, 2.05) is 67.3 Å². The molecule has 0 spiro atoms. The molecule has 0 fully saturated rings. The highest BCUT2D eigenvalue weighted by Gasteiger charge is 2.29. The van der Waals surface area contributed by atoms with Crippen LogP contribution in [0.3, 0.4) is 0 Å². The van der Waals surface area contributed by atoms with E-state index in [9.17, 15) is 9.59 Å². The third-order valence-corrected chi connectivity index (χ3v) is 4.42. The minimum atomic E-state index is -0.630. The Morgan fingerprint density at radius 2 is 1.29 bits per heavy atom. The summed E-state index contributed by atoms with van der Waals surface area (Å²) in [7, 11) is 0. The van der Waals surface area contributed by atoms with Gasteiger partial charge in [0.2, 0.25) is 0 Å². The molecule has 0 bridgehead atoms. The summed E-state index contributed by atoms with van der Waals surface area (Å²) >= 11 is 0. The van der Waals surface area contributed by atoms with E-state index in [1.54, 1.807) is 13.8 Å². The van der Waals surface area contributed by atoms with Gasteiger partial charge in [-0.05, 0) is 58.4 Å². The zero-order chi connectivity index (χ0) is 20.5. The number of ether oxygens (including phenoxy) is 2. The lowest BCUT2D eigenvalue weighted by Gasteiger charge is -2.32. The van der Waals surface area contributed by atoms with Crippen molar-refractivity contribution in [3.8, 4) is 0 Å². The average molecular weight is 383 g/mol. The fourth-order valence-electron chi connectivity index (χ4n) is 3.00. The first-order chi connectivity index (χ1) is 13.5. The predicted molar refractivity (Wildman–Crippen MR) is 111 cm³/mol. The first kappa shape index (κ1) is 21.5. The van der Waals surface area contributed by atoms with Crippen LogP contribution in [0.25, 0.3) is 0 Å². The van der Waals surface area contributed by atoms with Crippen LogP contribution in [0.2, 0.25) is 0 Å². The van der Waals surface area contributed by atoms with Gasteiger partial charge in [-0.25, -0.2) is 4.79 Å². The topological polar surface area (TPSA) is 55.8 Å². The lowest BCUT2D eigenvalue weighted by atomic mass is 10.1. The monoisotopic (exact) mass is 383 g/mol. The maximum Gasteiger partial charge on any atom is 0.329 e. The molecule has 2 aromatic carbocycles. The summed E-state index contributed by atoms with van der Waals surface area (Å²) in [6, 6.07) is 15.3. The van der Waals surface area contributed by atoms with Crippen molar-refractivity contribution in [2.24, 2.45) is 0 Å². The summed E-state index contributed by atoms with van der Waals surface area (Å²) in [6.45, 7) is 8.19. The van der Waals surface area contributed by atoms with Gasteiger partial charge in [-0.3, -0.25) is 4.79 Å². The number of benzene rings is 2. The minimum Gasteiger partial charge on any atom is -0.466 e. The van der Waals surface area contributed by atoms with Gasteiger partial charge in [-0.15, -0.1) is 0 Å². The van der Waals surface area contributed by atoms with Crippen LogP contribution in [0.5, 0.6) is 0 Å². The van der Waals surface area contributed by atoms with Gasteiger partial charge >= 0.3 is 11.9 Å². The summed E-state index contributed by atoms with van der Waals surface area (Å²) in [5.41, 5.74) is 4.01. The standard InChI is InChI=1S/C23H29NO4/c1-5-27-22(25)16-15-21(23(26)28-6-2)24(19-11-7-17(3)8-12-19)20-13-9-18(4)10-14-20/h7-14,21H,5-6,15-16H2,1-4H3/t21-/m0/s1. The van der Waals surface area contributed by atoms with E-state index in [1.165, 1.54) is 0 Å². The number of rotatable bonds is 9. The molecule has 5 nitrogen and oxygen atoms in total. The highest BCUT2D eigenvalue weighted by atomic mass is 16.5. The smallest absolute Gasteiger partial charge is 0.329 e. The van der Waals surface area contributed by atoms with E-state index < -0.39 is 6.04 Å². The van der Waals surface area contributed by atoms with Crippen molar-refractivity contribution >= 4 is 23.3 Å². The van der Waals surface area contributed by atoms with Crippen LogP contribution in [0, 0.1) is 13.8 Å². The summed E-state index contributed by atoms with van der Waals surface area (Å²) in [5, 5.41) is 0. The number of aryl methyl sites for hydroxylation is 2. The molecular formula is C23H29NO4. The molecule has 0 saturated heterocycles. The lowest BCUT2D eigenvalue weighted by Crippen LogP contribution is -2.40. The molecule has 1 atom stereocenters. The number of hydrogen-bond donors (Lipinski definition) is 0. The molecule has 0 unspecified atom stereocenters. The fraction of sp³-hybridized carbons (Fsp3) is 0.391. The molecule has 5 heteroatoms. The maximum atomic E-state index is 12.8. The normalized spacial score (nSPS) is 11.6. The molecule has 0 N–H and O–H groups in total. The third kappa shape index (κ3) is 5.84. The highest BCUT2D eigenvalue weighted by molar-refractivity contribution is 5.85. The Morgan fingerprint density at radius 3 is 1.71 bits per heavy atom. The maximum absolute atomic E-state index is 12.8. The van der Waals surface area contributed by atoms with Gasteiger partial charge in [0, 0.05) is 17.8 Å². The highest BCUT2D eigenvalue weighted by Crippen LogP contribution is 2.31. The Kier molecular flexibility index (Phi) is 8.05. The minimum absolute atomic E-state index is 0.144. The SMILES string of the molecule is CCOC(=O)CC[C@@H](C(=O)OCC)N(c1ccc(C)cc1)c1ccc(C)cc1. The van der Waals surface area contributed by atoms with E-state index in [-0.39, 0.29) is 25.0 Å². The van der Waals surface area contributed by atoms with Crippen LogP contribution in [0.4, 0.5) is 11.4 Å². The summed E-state index contributed by atoms with van der Waals surface area (Å²) in [4.78, 5) is 26.7. The van der Waals surface area contributed by atoms with Crippen molar-refractivity contribution in [1.82, 2.24) is 0 Å². The van der Waals surface area contributed by atoms with Gasteiger partial charge in [0.05, 0.1) is 13.2 Å². The number of nitrogens with zero attached hydrogens (tertiary/aromatic N) is 1. The Labute approximate surface area is 167 Å². The van der Waals surface area contributed by atoms with Crippen LogP contribution < -0.4 is 4.90 Å². The summed E-state index contributed by atoms with van der Waals surface area (Å²) in [6.07, 6.45) is 0.449. The van der Waals surface area contributed by atoms with Gasteiger partial charge in [-0.1, -0.05) is 35.4 Å². The third-order valence-electron chi connectivity index (χ3n) is 4.42. The first-order valence-corrected chi connectivity index (χ1v) is 9.71. The molecule has 28 heavy (non-hydrogen) atoms. The summed E-state index contributed by atoms with van der Waals surface area (Å²) in [5.74, 6) is -0.669. The van der Waals surface area contributed by atoms with Crippen LogP contribution in [-0.4, -0.2) is 31.2 Å². The Balaban J connectivity index is 2.43. The zero-order valence-electron chi connectivity index (χ0n) is 17.1. The molecule has 0 aliphatic rings. The number of carbonyl (C=O) groups excluding carboxylic acids is 2. The van der Waals surface area contributed by atoms with Crippen molar-refractivity contribution in [2.75, 3.05) is 18.1 Å². The lowest BCUT2D eigenvalue weighted by molar-refractivity contribution is -0.146. The van der Waals surface area contributed by atoms with Crippen molar-refractivity contribution < 1.29 is 19.1 Å². The second-order valence-corrected chi connectivity index (χ2v) is 6.65.